The number of aryl methyl sites for hydroxylation is 1. The van der Waals surface area contributed by atoms with Crippen LogP contribution in [-0.4, -0.2) is 4.98 Å². The molecule has 0 spiro atoms. The van der Waals surface area contributed by atoms with Crippen LogP contribution in [0.2, 0.25) is 0 Å². The van der Waals surface area contributed by atoms with Gasteiger partial charge in [-0.25, -0.2) is 4.98 Å². The monoisotopic (exact) mass is 135 g/mol. The molecule has 0 N–H and O–H groups in total. The van der Waals surface area contributed by atoms with E-state index in [-0.39, 0.29) is 0 Å². The highest BCUT2D eigenvalue weighted by Crippen LogP contribution is 1.94. The van der Waals surface area contributed by atoms with E-state index in [9.17, 15) is 4.39 Å². The van der Waals surface area contributed by atoms with Gasteiger partial charge in [-0.15, -0.1) is 4.39 Å². The van der Waals surface area contributed by atoms with E-state index < -0.39 is 0 Å². The van der Waals surface area contributed by atoms with Gasteiger partial charge in [0.05, 0.1) is 0 Å². The Labute approximate surface area is 58.9 Å². The molecule has 0 fully saturated rings. The molecule has 0 radical (unpaired) electrons. The van der Waals surface area contributed by atoms with E-state index in [0.717, 1.165) is 5.69 Å². The molecule has 0 saturated heterocycles. The molecule has 1 heterocycles. The molecule has 2 heteroatoms. The van der Waals surface area contributed by atoms with Gasteiger partial charge in [0.25, 0.3) is 0 Å². The van der Waals surface area contributed by atoms with Crippen LogP contribution in [0.5, 0.6) is 0 Å². The highest BCUT2D eigenvalue weighted by atomic mass is 19.1. The van der Waals surface area contributed by atoms with Gasteiger partial charge in [0, 0.05) is 5.69 Å². The van der Waals surface area contributed by atoms with Crippen LogP contribution < -0.4 is 0 Å². The SMILES string of the molecule is Cc1cccc(C#CF)n1. The van der Waals surface area contributed by atoms with E-state index in [1.165, 1.54) is 6.17 Å². The molecule has 1 aromatic rings. The van der Waals surface area contributed by atoms with Crippen LogP contribution >= 0.6 is 0 Å². The van der Waals surface area contributed by atoms with E-state index in [2.05, 4.69) is 10.9 Å². The van der Waals surface area contributed by atoms with Crippen LogP contribution in [-0.2, 0) is 0 Å². The third-order valence-corrected chi connectivity index (χ3v) is 1.06. The summed E-state index contributed by atoms with van der Waals surface area (Å²) in [7, 11) is 0. The molecule has 0 aliphatic carbocycles. The molecule has 0 amide bonds. The van der Waals surface area contributed by atoms with Crippen molar-refractivity contribution in [1.82, 2.24) is 4.98 Å². The van der Waals surface area contributed by atoms with Crippen molar-refractivity contribution in [3.8, 4) is 12.1 Å². The highest BCUT2D eigenvalue weighted by molar-refractivity contribution is 5.26. The van der Waals surface area contributed by atoms with Crippen molar-refractivity contribution in [2.45, 2.75) is 6.92 Å². The standard InChI is InChI=1S/C8H6FN/c1-7-3-2-4-8(10-7)5-6-9/h2-4H,1H3. The molecular weight excluding hydrogens is 129 g/mol. The summed E-state index contributed by atoms with van der Waals surface area (Å²) >= 11 is 0. The van der Waals surface area contributed by atoms with Crippen molar-refractivity contribution in [2.24, 2.45) is 0 Å². The first-order valence-electron chi connectivity index (χ1n) is 2.88. The summed E-state index contributed by atoms with van der Waals surface area (Å²) in [5.41, 5.74) is 1.32. The minimum Gasteiger partial charge on any atom is -0.245 e. The maximum Gasteiger partial charge on any atom is 0.116 e. The Bertz CT molecular complexity index is 283. The third kappa shape index (κ3) is 1.56. The van der Waals surface area contributed by atoms with Crippen molar-refractivity contribution in [3.63, 3.8) is 0 Å². The Morgan fingerprint density at radius 3 is 2.90 bits per heavy atom. The molecule has 0 bridgehead atoms. The average Bonchev–Trinajstić information content (AvgIpc) is 1.88. The predicted octanol–water partition coefficient (Wildman–Crippen LogP) is 1.67. The van der Waals surface area contributed by atoms with Gasteiger partial charge in [0.15, 0.2) is 0 Å². The number of rotatable bonds is 0. The Morgan fingerprint density at radius 2 is 2.30 bits per heavy atom. The van der Waals surface area contributed by atoms with E-state index in [1.54, 1.807) is 12.1 Å². The molecule has 0 unspecified atom stereocenters. The van der Waals surface area contributed by atoms with E-state index in [0.29, 0.717) is 5.69 Å². The van der Waals surface area contributed by atoms with Crippen molar-refractivity contribution >= 4 is 0 Å². The largest absolute Gasteiger partial charge is 0.245 e. The summed E-state index contributed by atoms with van der Waals surface area (Å²) in [5, 5.41) is 0. The van der Waals surface area contributed by atoms with Gasteiger partial charge in [0.1, 0.15) is 11.9 Å². The fourth-order valence-electron chi connectivity index (χ4n) is 0.661. The maximum atomic E-state index is 11.4. The fraction of sp³-hybridized carbons (Fsp3) is 0.125. The summed E-state index contributed by atoms with van der Waals surface area (Å²) in [5.74, 6) is 2.22. The Kier molecular flexibility index (Phi) is 2.01. The quantitative estimate of drug-likeness (QED) is 0.493. The molecule has 50 valence electrons. The smallest absolute Gasteiger partial charge is 0.116 e. The van der Waals surface area contributed by atoms with Gasteiger partial charge in [-0.1, -0.05) is 6.07 Å². The van der Waals surface area contributed by atoms with Crippen molar-refractivity contribution < 1.29 is 4.39 Å². The van der Waals surface area contributed by atoms with Crippen LogP contribution in [0.3, 0.4) is 0 Å². The average molecular weight is 135 g/mol. The second-order valence-electron chi connectivity index (χ2n) is 1.88. The molecule has 0 atom stereocenters. The second kappa shape index (κ2) is 2.98. The Morgan fingerprint density at radius 1 is 1.50 bits per heavy atom. The van der Waals surface area contributed by atoms with Crippen LogP contribution in [0.15, 0.2) is 18.2 Å². The van der Waals surface area contributed by atoms with Crippen LogP contribution in [0.4, 0.5) is 4.39 Å². The normalized spacial score (nSPS) is 8.20. The van der Waals surface area contributed by atoms with Gasteiger partial charge in [-0.3, -0.25) is 0 Å². The zero-order valence-electron chi connectivity index (χ0n) is 5.56. The number of aromatic nitrogens is 1. The first kappa shape index (κ1) is 6.76. The lowest BCUT2D eigenvalue weighted by molar-refractivity contribution is 0.773. The van der Waals surface area contributed by atoms with Crippen LogP contribution in [0.25, 0.3) is 0 Å². The number of hydrogen-bond donors (Lipinski definition) is 0. The van der Waals surface area contributed by atoms with Gasteiger partial charge in [-0.05, 0) is 25.0 Å². The molecule has 0 aliphatic rings. The first-order chi connectivity index (χ1) is 4.83. The maximum absolute atomic E-state index is 11.4. The van der Waals surface area contributed by atoms with Gasteiger partial charge < -0.3 is 0 Å². The third-order valence-electron chi connectivity index (χ3n) is 1.06. The minimum absolute atomic E-state index is 0.475. The topological polar surface area (TPSA) is 12.9 Å². The summed E-state index contributed by atoms with van der Waals surface area (Å²) in [4.78, 5) is 3.95. The first-order valence-corrected chi connectivity index (χ1v) is 2.88. The Hall–Kier alpha value is -1.36. The summed E-state index contributed by atoms with van der Waals surface area (Å²) in [6, 6.07) is 5.30. The zero-order chi connectivity index (χ0) is 7.40. The van der Waals surface area contributed by atoms with Crippen molar-refractivity contribution in [1.29, 1.82) is 0 Å². The Balaban J connectivity index is 3.03. The molecule has 0 aliphatic heterocycles. The molecule has 1 nitrogen and oxygen atoms in total. The molecule has 1 rings (SSSR count). The van der Waals surface area contributed by atoms with E-state index >= 15 is 0 Å². The lowest BCUT2D eigenvalue weighted by Crippen LogP contribution is -1.83. The summed E-state index contributed by atoms with van der Waals surface area (Å²) in [6.45, 7) is 1.84. The van der Waals surface area contributed by atoms with E-state index in [4.69, 9.17) is 0 Å². The van der Waals surface area contributed by atoms with Crippen LogP contribution in [0.1, 0.15) is 11.4 Å². The van der Waals surface area contributed by atoms with Crippen molar-refractivity contribution in [2.75, 3.05) is 0 Å². The zero-order valence-corrected chi connectivity index (χ0v) is 5.56. The lowest BCUT2D eigenvalue weighted by atomic mass is 10.3. The number of nitrogens with zero attached hydrogens (tertiary/aromatic N) is 1. The number of hydrogen-bond acceptors (Lipinski definition) is 1. The highest BCUT2D eigenvalue weighted by Gasteiger charge is 1.86. The molecule has 1 aromatic heterocycles. The number of pyridine rings is 1. The predicted molar refractivity (Wildman–Crippen MR) is 37.0 cm³/mol. The molecule has 0 aromatic carbocycles. The van der Waals surface area contributed by atoms with Gasteiger partial charge in [0.2, 0.25) is 0 Å². The molecule has 10 heavy (non-hydrogen) atoms. The van der Waals surface area contributed by atoms with Crippen LogP contribution in [0, 0.1) is 19.0 Å². The molecular formula is C8H6FN. The van der Waals surface area contributed by atoms with Gasteiger partial charge in [-0.2, -0.15) is 0 Å². The van der Waals surface area contributed by atoms with E-state index in [1.807, 2.05) is 13.0 Å². The summed E-state index contributed by atoms with van der Waals surface area (Å²) in [6.07, 6.45) is 1.30. The van der Waals surface area contributed by atoms with Crippen molar-refractivity contribution in [3.05, 3.63) is 29.6 Å². The minimum atomic E-state index is 0.475. The summed E-state index contributed by atoms with van der Waals surface area (Å²) < 4.78 is 11.4. The second-order valence-corrected chi connectivity index (χ2v) is 1.88. The molecule has 0 saturated carbocycles. The van der Waals surface area contributed by atoms with Gasteiger partial charge >= 0.3 is 0 Å². The lowest BCUT2D eigenvalue weighted by Gasteiger charge is -1.89. The number of halogens is 1. The fourth-order valence-corrected chi connectivity index (χ4v) is 0.661.